The van der Waals surface area contributed by atoms with Gasteiger partial charge in [0.2, 0.25) is 0 Å². The first-order chi connectivity index (χ1) is 7.81. The molecule has 0 aliphatic rings. The second-order valence-electron chi connectivity index (χ2n) is 3.88. The van der Waals surface area contributed by atoms with Gasteiger partial charge in [0.1, 0.15) is 0 Å². The maximum atomic E-state index is 8.74. The summed E-state index contributed by atoms with van der Waals surface area (Å²) in [6, 6.07) is 8.21. The van der Waals surface area contributed by atoms with Crippen molar-refractivity contribution in [1.82, 2.24) is 4.98 Å². The van der Waals surface area contributed by atoms with E-state index in [0.717, 1.165) is 29.6 Å². The van der Waals surface area contributed by atoms with Crippen molar-refractivity contribution in [2.24, 2.45) is 0 Å². The molecule has 16 heavy (non-hydrogen) atoms. The number of nitrogens with one attached hydrogen (secondary N) is 1. The normalized spacial score (nSPS) is 10.6. The van der Waals surface area contributed by atoms with Crippen molar-refractivity contribution in [3.8, 4) is 0 Å². The van der Waals surface area contributed by atoms with Crippen molar-refractivity contribution >= 4 is 16.6 Å². The van der Waals surface area contributed by atoms with Crippen LogP contribution in [0.5, 0.6) is 0 Å². The summed E-state index contributed by atoms with van der Waals surface area (Å²) in [4.78, 5) is 4.34. The molecule has 3 heteroatoms. The van der Waals surface area contributed by atoms with E-state index >= 15 is 0 Å². The third-order valence-corrected chi connectivity index (χ3v) is 2.55. The van der Waals surface area contributed by atoms with Crippen LogP contribution in [0.25, 0.3) is 10.9 Å². The molecule has 0 saturated carbocycles. The Kier molecular flexibility index (Phi) is 3.37. The number of anilines is 1. The Morgan fingerprint density at radius 1 is 1.31 bits per heavy atom. The Labute approximate surface area is 95.1 Å². The second kappa shape index (κ2) is 4.94. The molecule has 84 valence electrons. The van der Waals surface area contributed by atoms with Crippen LogP contribution >= 0.6 is 0 Å². The van der Waals surface area contributed by atoms with Gasteiger partial charge in [0.15, 0.2) is 0 Å². The summed E-state index contributed by atoms with van der Waals surface area (Å²) >= 11 is 0. The number of pyridine rings is 1. The largest absolute Gasteiger partial charge is 0.396 e. The Morgan fingerprint density at radius 2 is 2.19 bits per heavy atom. The number of benzene rings is 1. The highest BCUT2D eigenvalue weighted by atomic mass is 16.3. The molecule has 2 N–H and O–H groups in total. The van der Waals surface area contributed by atoms with E-state index < -0.39 is 0 Å². The number of aromatic nitrogens is 1. The molecule has 0 unspecified atom stereocenters. The van der Waals surface area contributed by atoms with Crippen LogP contribution in [0.1, 0.15) is 12.0 Å². The van der Waals surface area contributed by atoms with Crippen LogP contribution in [0.2, 0.25) is 0 Å². The van der Waals surface area contributed by atoms with E-state index in [9.17, 15) is 0 Å². The number of aliphatic hydroxyl groups is 1. The maximum Gasteiger partial charge on any atom is 0.0725 e. The zero-order valence-corrected chi connectivity index (χ0v) is 9.40. The number of aliphatic hydroxyl groups excluding tert-OH is 1. The van der Waals surface area contributed by atoms with Crippen molar-refractivity contribution in [2.75, 3.05) is 18.5 Å². The zero-order chi connectivity index (χ0) is 11.4. The van der Waals surface area contributed by atoms with Crippen molar-refractivity contribution in [2.45, 2.75) is 13.3 Å². The minimum Gasteiger partial charge on any atom is -0.396 e. The van der Waals surface area contributed by atoms with Crippen LogP contribution in [0, 0.1) is 6.92 Å². The summed E-state index contributed by atoms with van der Waals surface area (Å²) in [5.41, 5.74) is 3.31. The number of nitrogens with zero attached hydrogens (tertiary/aromatic N) is 1. The van der Waals surface area contributed by atoms with Crippen molar-refractivity contribution in [3.63, 3.8) is 0 Å². The van der Waals surface area contributed by atoms with E-state index in [-0.39, 0.29) is 6.61 Å². The molecule has 2 aromatic rings. The first kappa shape index (κ1) is 10.9. The molecule has 0 fully saturated rings. The monoisotopic (exact) mass is 216 g/mol. The fourth-order valence-corrected chi connectivity index (χ4v) is 1.71. The molecule has 0 radical (unpaired) electrons. The molecule has 0 bridgehead atoms. The van der Waals surface area contributed by atoms with Gasteiger partial charge in [-0.25, -0.2) is 0 Å². The predicted octanol–water partition coefficient (Wildman–Crippen LogP) is 2.34. The summed E-state index contributed by atoms with van der Waals surface area (Å²) < 4.78 is 0. The molecule has 0 spiro atoms. The molecular formula is C13H16N2O. The molecule has 1 aromatic heterocycles. The van der Waals surface area contributed by atoms with Crippen LogP contribution in [0.4, 0.5) is 5.69 Å². The van der Waals surface area contributed by atoms with Crippen LogP contribution < -0.4 is 5.32 Å². The minimum absolute atomic E-state index is 0.217. The van der Waals surface area contributed by atoms with E-state index in [1.54, 1.807) is 0 Å². The minimum atomic E-state index is 0.217. The quantitative estimate of drug-likeness (QED) is 0.771. The molecular weight excluding hydrogens is 200 g/mol. The number of fused-ring (bicyclic) bond motifs is 1. The molecule has 0 aliphatic heterocycles. The van der Waals surface area contributed by atoms with Crippen molar-refractivity contribution in [3.05, 3.63) is 36.0 Å². The van der Waals surface area contributed by atoms with Crippen LogP contribution in [0.15, 0.2) is 30.5 Å². The van der Waals surface area contributed by atoms with Crippen LogP contribution in [-0.2, 0) is 0 Å². The van der Waals surface area contributed by atoms with Gasteiger partial charge in [-0.05, 0) is 31.0 Å². The third kappa shape index (κ3) is 2.31. The van der Waals surface area contributed by atoms with Crippen LogP contribution in [-0.4, -0.2) is 23.2 Å². The third-order valence-electron chi connectivity index (χ3n) is 2.55. The molecule has 1 aromatic carbocycles. The number of aryl methyl sites for hydroxylation is 1. The molecule has 2 rings (SSSR count). The predicted molar refractivity (Wildman–Crippen MR) is 66.7 cm³/mol. The van der Waals surface area contributed by atoms with Gasteiger partial charge in [0.25, 0.3) is 0 Å². The van der Waals surface area contributed by atoms with Crippen LogP contribution in [0.3, 0.4) is 0 Å². The highest BCUT2D eigenvalue weighted by Gasteiger charge is 2.00. The number of hydrogen-bond acceptors (Lipinski definition) is 3. The standard InChI is InChI=1S/C13H16N2O/c1-10-3-4-11-12(14-6-2-8-16)5-7-15-13(11)9-10/h3-5,7,9,16H,2,6,8H2,1H3,(H,14,15). The van der Waals surface area contributed by atoms with Gasteiger partial charge in [0, 0.05) is 30.4 Å². The summed E-state index contributed by atoms with van der Waals surface area (Å²) in [7, 11) is 0. The van der Waals surface area contributed by atoms with Gasteiger partial charge in [-0.3, -0.25) is 4.98 Å². The summed E-state index contributed by atoms with van der Waals surface area (Å²) in [5.74, 6) is 0. The van der Waals surface area contributed by atoms with Crippen molar-refractivity contribution < 1.29 is 5.11 Å². The highest BCUT2D eigenvalue weighted by molar-refractivity contribution is 5.91. The molecule has 1 heterocycles. The summed E-state index contributed by atoms with van der Waals surface area (Å²) in [6.07, 6.45) is 2.57. The first-order valence-corrected chi connectivity index (χ1v) is 5.51. The number of hydrogen-bond donors (Lipinski definition) is 2. The molecule has 0 amide bonds. The summed E-state index contributed by atoms with van der Waals surface area (Å²) in [6.45, 7) is 3.06. The van der Waals surface area contributed by atoms with Gasteiger partial charge in [0.05, 0.1) is 5.52 Å². The lowest BCUT2D eigenvalue weighted by molar-refractivity contribution is 0.292. The molecule has 0 saturated heterocycles. The zero-order valence-electron chi connectivity index (χ0n) is 9.40. The van der Waals surface area contributed by atoms with Gasteiger partial charge in [-0.2, -0.15) is 0 Å². The summed E-state index contributed by atoms with van der Waals surface area (Å²) in [5, 5.41) is 13.2. The van der Waals surface area contributed by atoms with Gasteiger partial charge < -0.3 is 10.4 Å². The lowest BCUT2D eigenvalue weighted by Gasteiger charge is -2.08. The second-order valence-corrected chi connectivity index (χ2v) is 3.88. The van der Waals surface area contributed by atoms with Gasteiger partial charge >= 0.3 is 0 Å². The average molecular weight is 216 g/mol. The van der Waals surface area contributed by atoms with E-state index in [2.05, 4.69) is 35.4 Å². The van der Waals surface area contributed by atoms with Gasteiger partial charge in [-0.1, -0.05) is 12.1 Å². The van der Waals surface area contributed by atoms with Gasteiger partial charge in [-0.15, -0.1) is 0 Å². The van der Waals surface area contributed by atoms with E-state index in [0.29, 0.717) is 0 Å². The molecule has 0 atom stereocenters. The Bertz CT molecular complexity index is 482. The maximum absolute atomic E-state index is 8.74. The highest BCUT2D eigenvalue weighted by Crippen LogP contribution is 2.22. The molecule has 0 aliphatic carbocycles. The van der Waals surface area contributed by atoms with E-state index in [1.165, 1.54) is 5.56 Å². The first-order valence-electron chi connectivity index (χ1n) is 5.51. The Balaban J connectivity index is 2.30. The lowest BCUT2D eigenvalue weighted by atomic mass is 10.1. The van der Waals surface area contributed by atoms with E-state index in [4.69, 9.17) is 5.11 Å². The Morgan fingerprint density at radius 3 is 3.00 bits per heavy atom. The lowest BCUT2D eigenvalue weighted by Crippen LogP contribution is -2.04. The fraction of sp³-hybridized carbons (Fsp3) is 0.308. The average Bonchev–Trinajstić information content (AvgIpc) is 2.29. The number of rotatable bonds is 4. The topological polar surface area (TPSA) is 45.1 Å². The Hall–Kier alpha value is -1.61. The fourth-order valence-electron chi connectivity index (χ4n) is 1.71. The smallest absolute Gasteiger partial charge is 0.0725 e. The SMILES string of the molecule is Cc1ccc2c(NCCCO)ccnc2c1. The molecule has 3 nitrogen and oxygen atoms in total. The van der Waals surface area contributed by atoms with Crippen molar-refractivity contribution in [1.29, 1.82) is 0 Å². The van der Waals surface area contributed by atoms with E-state index in [1.807, 2.05) is 12.3 Å².